The van der Waals surface area contributed by atoms with Gasteiger partial charge in [-0.3, -0.25) is 10.1 Å². The van der Waals surface area contributed by atoms with Crippen molar-refractivity contribution in [3.63, 3.8) is 0 Å². The summed E-state index contributed by atoms with van der Waals surface area (Å²) in [5.41, 5.74) is 2.15. The fourth-order valence-corrected chi connectivity index (χ4v) is 2.35. The fraction of sp³-hybridized carbons (Fsp3) is 0.143. The number of nitro groups is 1. The molecule has 0 aliphatic rings. The number of anilines is 1. The lowest BCUT2D eigenvalue weighted by Crippen LogP contribution is -2.02. The summed E-state index contributed by atoms with van der Waals surface area (Å²) in [4.78, 5) is 10.5. The molecular weight excluding hydrogens is 299 g/mol. The largest absolute Gasteiger partial charge is 0.379 e. The van der Waals surface area contributed by atoms with Crippen LogP contribution >= 0.6 is 23.2 Å². The fourth-order valence-electron chi connectivity index (χ4n) is 1.82. The van der Waals surface area contributed by atoms with E-state index in [0.717, 1.165) is 5.56 Å². The van der Waals surface area contributed by atoms with Gasteiger partial charge in [0.2, 0.25) is 0 Å². The highest BCUT2D eigenvalue weighted by Gasteiger charge is 2.11. The van der Waals surface area contributed by atoms with Gasteiger partial charge in [-0.25, -0.2) is 0 Å². The number of hydrogen-bond donors (Lipinski definition) is 1. The van der Waals surface area contributed by atoms with E-state index in [1.54, 1.807) is 37.3 Å². The number of benzene rings is 2. The predicted molar refractivity (Wildman–Crippen MR) is 81.6 cm³/mol. The lowest BCUT2D eigenvalue weighted by atomic mass is 10.1. The number of hydrogen-bond acceptors (Lipinski definition) is 3. The molecule has 0 unspecified atom stereocenters. The first kappa shape index (κ1) is 14.6. The van der Waals surface area contributed by atoms with Gasteiger partial charge in [0, 0.05) is 18.2 Å². The Hall–Kier alpha value is -1.78. The van der Waals surface area contributed by atoms with Gasteiger partial charge in [-0.15, -0.1) is 0 Å². The van der Waals surface area contributed by atoms with Crippen molar-refractivity contribution in [1.82, 2.24) is 0 Å². The minimum absolute atomic E-state index is 0.106. The molecule has 0 bridgehead atoms. The monoisotopic (exact) mass is 310 g/mol. The summed E-state index contributed by atoms with van der Waals surface area (Å²) in [6.45, 7) is 2.12. The van der Waals surface area contributed by atoms with E-state index in [-0.39, 0.29) is 10.6 Å². The van der Waals surface area contributed by atoms with Crippen LogP contribution < -0.4 is 5.32 Å². The molecule has 0 radical (unpaired) electrons. The van der Waals surface area contributed by atoms with Gasteiger partial charge >= 0.3 is 0 Å². The Morgan fingerprint density at radius 3 is 2.45 bits per heavy atom. The zero-order chi connectivity index (χ0) is 14.7. The molecule has 0 aliphatic carbocycles. The summed E-state index contributed by atoms with van der Waals surface area (Å²) in [5.74, 6) is 0. The molecule has 2 aromatic rings. The first-order valence-corrected chi connectivity index (χ1v) is 6.66. The van der Waals surface area contributed by atoms with Crippen LogP contribution in [0.1, 0.15) is 11.1 Å². The molecule has 20 heavy (non-hydrogen) atoms. The summed E-state index contributed by atoms with van der Waals surface area (Å²) in [6.07, 6.45) is 0. The maximum absolute atomic E-state index is 10.9. The number of rotatable bonds is 4. The molecular formula is C14H12Cl2N2O2. The van der Waals surface area contributed by atoms with Crippen molar-refractivity contribution < 1.29 is 4.92 Å². The molecule has 2 rings (SSSR count). The van der Waals surface area contributed by atoms with Crippen LogP contribution in [0, 0.1) is 17.0 Å². The predicted octanol–water partition coefficient (Wildman–Crippen LogP) is 4.82. The number of halogens is 2. The van der Waals surface area contributed by atoms with Crippen LogP contribution in [0.2, 0.25) is 10.0 Å². The molecule has 0 amide bonds. The molecule has 0 atom stereocenters. The molecule has 6 heteroatoms. The van der Waals surface area contributed by atoms with Gasteiger partial charge in [-0.2, -0.15) is 0 Å². The van der Waals surface area contributed by atoms with Crippen molar-refractivity contribution in [2.24, 2.45) is 0 Å². The molecule has 0 fully saturated rings. The summed E-state index contributed by atoms with van der Waals surface area (Å²) in [5, 5.41) is 15.0. The van der Waals surface area contributed by atoms with E-state index in [1.807, 2.05) is 6.07 Å². The van der Waals surface area contributed by atoms with E-state index < -0.39 is 0 Å². The van der Waals surface area contributed by atoms with Gasteiger partial charge in [0.05, 0.1) is 20.7 Å². The summed E-state index contributed by atoms with van der Waals surface area (Å²) in [6, 6.07) is 10.3. The Kier molecular flexibility index (Phi) is 4.47. The van der Waals surface area contributed by atoms with Crippen molar-refractivity contribution in [3.05, 3.63) is 67.7 Å². The van der Waals surface area contributed by atoms with Crippen LogP contribution in [-0.4, -0.2) is 4.92 Å². The first-order chi connectivity index (χ1) is 9.49. The van der Waals surface area contributed by atoms with Crippen LogP contribution in [0.3, 0.4) is 0 Å². The summed E-state index contributed by atoms with van der Waals surface area (Å²) in [7, 11) is 0. The lowest BCUT2D eigenvalue weighted by molar-refractivity contribution is -0.385. The highest BCUT2D eigenvalue weighted by atomic mass is 35.5. The zero-order valence-corrected chi connectivity index (χ0v) is 12.2. The third kappa shape index (κ3) is 3.21. The standard InChI is InChI=1S/C14H12Cl2N2O2/c1-9-5-6-10(7-13(9)18(19)20)8-17-14-11(15)3-2-4-12(14)16/h2-7,17H,8H2,1H3. The molecule has 4 nitrogen and oxygen atoms in total. The van der Waals surface area contributed by atoms with Gasteiger partial charge in [-0.1, -0.05) is 41.4 Å². The Labute approximate surface area is 126 Å². The molecule has 0 spiro atoms. The third-order valence-electron chi connectivity index (χ3n) is 2.90. The second kappa shape index (κ2) is 6.11. The van der Waals surface area contributed by atoms with Crippen LogP contribution in [-0.2, 0) is 6.54 Å². The van der Waals surface area contributed by atoms with Crippen LogP contribution in [0.25, 0.3) is 0 Å². The number of nitrogens with one attached hydrogen (secondary N) is 1. The van der Waals surface area contributed by atoms with Crippen molar-refractivity contribution in [3.8, 4) is 0 Å². The smallest absolute Gasteiger partial charge is 0.272 e. The second-order valence-electron chi connectivity index (χ2n) is 4.33. The van der Waals surface area contributed by atoms with E-state index in [1.165, 1.54) is 0 Å². The molecule has 1 N–H and O–H groups in total. The molecule has 104 valence electrons. The first-order valence-electron chi connectivity index (χ1n) is 5.91. The molecule has 0 aliphatic heterocycles. The van der Waals surface area contributed by atoms with Gasteiger partial charge in [0.25, 0.3) is 5.69 Å². The Morgan fingerprint density at radius 1 is 1.20 bits per heavy atom. The quantitative estimate of drug-likeness (QED) is 0.650. The van der Waals surface area contributed by atoms with E-state index in [4.69, 9.17) is 23.2 Å². The van der Waals surface area contributed by atoms with Crippen molar-refractivity contribution in [2.75, 3.05) is 5.32 Å². The minimum atomic E-state index is -0.388. The number of aryl methyl sites for hydroxylation is 1. The van der Waals surface area contributed by atoms with Crippen LogP contribution in [0.15, 0.2) is 36.4 Å². The Morgan fingerprint density at radius 2 is 1.85 bits per heavy atom. The third-order valence-corrected chi connectivity index (χ3v) is 3.53. The van der Waals surface area contributed by atoms with Gasteiger partial charge < -0.3 is 5.32 Å². The normalized spacial score (nSPS) is 10.3. The molecule has 0 aromatic heterocycles. The van der Waals surface area contributed by atoms with Gasteiger partial charge in [-0.05, 0) is 24.6 Å². The van der Waals surface area contributed by atoms with Crippen molar-refractivity contribution in [1.29, 1.82) is 0 Å². The Bertz CT molecular complexity index is 639. The van der Waals surface area contributed by atoms with E-state index >= 15 is 0 Å². The average Bonchev–Trinajstić information content (AvgIpc) is 2.39. The molecule has 2 aromatic carbocycles. The van der Waals surface area contributed by atoms with Crippen molar-refractivity contribution in [2.45, 2.75) is 13.5 Å². The topological polar surface area (TPSA) is 55.2 Å². The lowest BCUT2D eigenvalue weighted by Gasteiger charge is -2.10. The molecule has 0 saturated carbocycles. The molecule has 0 saturated heterocycles. The van der Waals surface area contributed by atoms with Gasteiger partial charge in [0.1, 0.15) is 0 Å². The molecule has 0 heterocycles. The minimum Gasteiger partial charge on any atom is -0.379 e. The highest BCUT2D eigenvalue weighted by molar-refractivity contribution is 6.39. The van der Waals surface area contributed by atoms with Gasteiger partial charge in [0.15, 0.2) is 0 Å². The Balaban J connectivity index is 2.19. The van der Waals surface area contributed by atoms with Crippen LogP contribution in [0.4, 0.5) is 11.4 Å². The summed E-state index contributed by atoms with van der Waals surface area (Å²) >= 11 is 12.1. The average molecular weight is 311 g/mol. The van der Waals surface area contributed by atoms with Crippen LogP contribution in [0.5, 0.6) is 0 Å². The van der Waals surface area contributed by atoms with E-state index in [2.05, 4.69) is 5.32 Å². The number of nitrogens with zero attached hydrogens (tertiary/aromatic N) is 1. The SMILES string of the molecule is Cc1ccc(CNc2c(Cl)cccc2Cl)cc1[N+](=O)[O-]. The summed E-state index contributed by atoms with van der Waals surface area (Å²) < 4.78 is 0. The van der Waals surface area contributed by atoms with Crippen molar-refractivity contribution >= 4 is 34.6 Å². The number of nitro benzene ring substituents is 1. The number of para-hydroxylation sites is 1. The maximum atomic E-state index is 10.9. The second-order valence-corrected chi connectivity index (χ2v) is 5.14. The zero-order valence-electron chi connectivity index (χ0n) is 10.7. The van der Waals surface area contributed by atoms with E-state index in [0.29, 0.717) is 27.8 Å². The highest BCUT2D eigenvalue weighted by Crippen LogP contribution is 2.30. The maximum Gasteiger partial charge on any atom is 0.272 e. The van der Waals surface area contributed by atoms with E-state index in [9.17, 15) is 10.1 Å².